The number of sulfonamides is 1. The second-order valence-electron chi connectivity index (χ2n) is 11.0. The molecule has 0 heterocycles. The van der Waals surface area contributed by atoms with E-state index < -0.39 is 34.4 Å². The van der Waals surface area contributed by atoms with Crippen LogP contribution in [-0.4, -0.2) is 44.3 Å². The zero-order valence-electron chi connectivity index (χ0n) is 25.2. The molecule has 0 fully saturated rings. The van der Waals surface area contributed by atoms with Gasteiger partial charge in [-0.25, -0.2) is 8.42 Å². The number of rotatable bonds is 13. The van der Waals surface area contributed by atoms with Gasteiger partial charge < -0.3 is 10.2 Å². The molecule has 0 aromatic heterocycles. The van der Waals surface area contributed by atoms with E-state index in [4.69, 9.17) is 46.4 Å². The highest BCUT2D eigenvalue weighted by molar-refractivity contribution is 7.92. The summed E-state index contributed by atoms with van der Waals surface area (Å²) in [5, 5.41) is 3.71. The summed E-state index contributed by atoms with van der Waals surface area (Å²) in [6.45, 7) is 3.50. The first kappa shape index (κ1) is 35.6. The van der Waals surface area contributed by atoms with E-state index >= 15 is 0 Å². The average molecular weight is 722 g/mol. The molecule has 12 heteroatoms. The van der Waals surface area contributed by atoms with Crippen molar-refractivity contribution in [1.82, 2.24) is 10.2 Å². The van der Waals surface area contributed by atoms with Crippen LogP contribution in [0.5, 0.6) is 0 Å². The SMILES string of the molecule is CC(C)CNC(=O)C(Cc1ccccc1)N(Cc1ccc(Cl)cc1Cl)C(=O)CN(c1cccc(Cl)c1Cl)S(=O)(=O)c1ccccc1. The van der Waals surface area contributed by atoms with Crippen molar-refractivity contribution in [2.45, 2.75) is 37.8 Å². The van der Waals surface area contributed by atoms with Gasteiger partial charge in [0.15, 0.2) is 0 Å². The van der Waals surface area contributed by atoms with Crippen molar-refractivity contribution in [3.8, 4) is 0 Å². The number of anilines is 1. The molecule has 0 saturated carbocycles. The highest BCUT2D eigenvalue weighted by atomic mass is 35.5. The number of carbonyl (C=O) groups excluding carboxylic acids is 2. The topological polar surface area (TPSA) is 86.8 Å². The molecule has 2 amide bonds. The molecule has 4 aromatic carbocycles. The van der Waals surface area contributed by atoms with E-state index in [-0.39, 0.29) is 44.5 Å². The minimum atomic E-state index is -4.34. The monoisotopic (exact) mass is 719 g/mol. The fourth-order valence-corrected chi connectivity index (χ4v) is 7.09. The van der Waals surface area contributed by atoms with Gasteiger partial charge >= 0.3 is 0 Å². The summed E-state index contributed by atoms with van der Waals surface area (Å²) in [5.41, 5.74) is 1.34. The number of hydrogen-bond acceptors (Lipinski definition) is 4. The largest absolute Gasteiger partial charge is 0.354 e. The van der Waals surface area contributed by atoms with E-state index in [0.717, 1.165) is 9.87 Å². The normalized spacial score (nSPS) is 12.1. The first-order valence-electron chi connectivity index (χ1n) is 14.4. The van der Waals surface area contributed by atoms with Crippen molar-refractivity contribution in [1.29, 1.82) is 0 Å². The molecule has 0 saturated heterocycles. The van der Waals surface area contributed by atoms with Crippen LogP contribution >= 0.6 is 46.4 Å². The quantitative estimate of drug-likeness (QED) is 0.152. The summed E-state index contributed by atoms with van der Waals surface area (Å²) in [6.07, 6.45) is 0.158. The molecular formula is C34H33Cl4N3O4S. The minimum Gasteiger partial charge on any atom is -0.354 e. The third-order valence-corrected chi connectivity index (χ3v) is 10.3. The summed E-state index contributed by atoms with van der Waals surface area (Å²) in [4.78, 5) is 29.7. The lowest BCUT2D eigenvalue weighted by atomic mass is 10.0. The van der Waals surface area contributed by atoms with E-state index in [0.29, 0.717) is 17.1 Å². The molecule has 4 aromatic rings. The van der Waals surface area contributed by atoms with Crippen LogP contribution in [-0.2, 0) is 32.6 Å². The highest BCUT2D eigenvalue weighted by Gasteiger charge is 2.35. The summed E-state index contributed by atoms with van der Waals surface area (Å²) < 4.78 is 29.1. The standard InChI is InChI=1S/C34H33Cl4N3O4S/c1-23(2)20-39-34(43)31(18-24-10-5-3-6-11-24)40(21-25-16-17-26(35)19-29(25)37)32(42)22-41(30-15-9-14-28(36)33(30)38)46(44,45)27-12-7-4-8-13-27/h3-17,19,23,31H,18,20-22H2,1-2H3,(H,39,43). The van der Waals surface area contributed by atoms with Gasteiger partial charge in [-0.2, -0.15) is 0 Å². The predicted octanol–water partition coefficient (Wildman–Crippen LogP) is 7.91. The molecule has 242 valence electrons. The Kier molecular flexibility index (Phi) is 12.4. The summed E-state index contributed by atoms with van der Waals surface area (Å²) in [5.74, 6) is -0.913. The molecule has 46 heavy (non-hydrogen) atoms. The second-order valence-corrected chi connectivity index (χ2v) is 14.5. The van der Waals surface area contributed by atoms with Gasteiger partial charge in [0.25, 0.3) is 10.0 Å². The Hall–Kier alpha value is -3.27. The van der Waals surface area contributed by atoms with E-state index in [9.17, 15) is 18.0 Å². The Bertz CT molecular complexity index is 1770. The van der Waals surface area contributed by atoms with E-state index in [1.807, 2.05) is 44.2 Å². The van der Waals surface area contributed by atoms with Gasteiger partial charge in [-0.3, -0.25) is 13.9 Å². The number of nitrogens with zero attached hydrogens (tertiary/aromatic N) is 2. The third kappa shape index (κ3) is 8.96. The maximum atomic E-state index is 14.6. The average Bonchev–Trinajstić information content (AvgIpc) is 3.03. The lowest BCUT2D eigenvalue weighted by Gasteiger charge is -2.34. The van der Waals surface area contributed by atoms with Gasteiger partial charge in [0, 0.05) is 29.6 Å². The first-order chi connectivity index (χ1) is 21.9. The third-order valence-electron chi connectivity index (χ3n) is 7.12. The van der Waals surface area contributed by atoms with Gasteiger partial charge in [-0.1, -0.05) is 121 Å². The maximum absolute atomic E-state index is 14.6. The highest BCUT2D eigenvalue weighted by Crippen LogP contribution is 2.36. The molecule has 0 spiro atoms. The lowest BCUT2D eigenvalue weighted by molar-refractivity contribution is -0.140. The van der Waals surface area contributed by atoms with E-state index in [1.54, 1.807) is 42.5 Å². The lowest BCUT2D eigenvalue weighted by Crippen LogP contribution is -2.53. The summed E-state index contributed by atoms with van der Waals surface area (Å²) >= 11 is 25.6. The molecule has 0 radical (unpaired) electrons. The molecule has 0 aliphatic rings. The number of amides is 2. The van der Waals surface area contributed by atoms with Gasteiger partial charge in [0.1, 0.15) is 12.6 Å². The number of benzene rings is 4. The minimum absolute atomic E-state index is 0.0136. The van der Waals surface area contributed by atoms with Crippen molar-refractivity contribution in [3.63, 3.8) is 0 Å². The Labute approximate surface area is 290 Å². The number of nitrogens with one attached hydrogen (secondary N) is 1. The zero-order valence-corrected chi connectivity index (χ0v) is 29.0. The molecule has 0 bridgehead atoms. The van der Waals surface area contributed by atoms with Crippen LogP contribution in [0.4, 0.5) is 5.69 Å². The van der Waals surface area contributed by atoms with Gasteiger partial charge in [-0.15, -0.1) is 0 Å². The molecule has 4 rings (SSSR count). The summed E-state index contributed by atoms with van der Waals surface area (Å²) in [6, 6.07) is 25.3. The van der Waals surface area contributed by atoms with Crippen LogP contribution in [0.1, 0.15) is 25.0 Å². The van der Waals surface area contributed by atoms with Crippen LogP contribution in [0.15, 0.2) is 102 Å². The van der Waals surface area contributed by atoms with Gasteiger partial charge in [0.05, 0.1) is 20.6 Å². The van der Waals surface area contributed by atoms with Crippen LogP contribution in [0, 0.1) is 5.92 Å². The zero-order chi connectivity index (χ0) is 33.4. The van der Waals surface area contributed by atoms with Crippen LogP contribution in [0.2, 0.25) is 20.1 Å². The Morgan fingerprint density at radius 1 is 0.804 bits per heavy atom. The number of halogens is 4. The first-order valence-corrected chi connectivity index (χ1v) is 17.4. The number of carbonyl (C=O) groups is 2. The number of hydrogen-bond donors (Lipinski definition) is 1. The fraction of sp³-hybridized carbons (Fsp3) is 0.235. The Morgan fingerprint density at radius 2 is 1.46 bits per heavy atom. The van der Waals surface area contributed by atoms with Crippen LogP contribution in [0.25, 0.3) is 0 Å². The predicted molar refractivity (Wildman–Crippen MR) is 186 cm³/mol. The van der Waals surface area contributed by atoms with E-state index in [2.05, 4.69) is 5.32 Å². The summed E-state index contributed by atoms with van der Waals surface area (Å²) in [7, 11) is -4.34. The molecular weight excluding hydrogens is 688 g/mol. The molecule has 1 N–H and O–H groups in total. The smallest absolute Gasteiger partial charge is 0.264 e. The van der Waals surface area contributed by atoms with Gasteiger partial charge in [-0.05, 0) is 53.4 Å². The van der Waals surface area contributed by atoms with Crippen LogP contribution < -0.4 is 9.62 Å². The molecule has 0 aliphatic carbocycles. The van der Waals surface area contributed by atoms with Crippen molar-refractivity contribution < 1.29 is 18.0 Å². The molecule has 0 aliphatic heterocycles. The molecule has 1 atom stereocenters. The molecule has 7 nitrogen and oxygen atoms in total. The van der Waals surface area contributed by atoms with Crippen molar-refractivity contribution in [2.75, 3.05) is 17.4 Å². The maximum Gasteiger partial charge on any atom is 0.264 e. The fourth-order valence-electron chi connectivity index (χ4n) is 4.73. The van der Waals surface area contributed by atoms with E-state index in [1.165, 1.54) is 29.2 Å². The van der Waals surface area contributed by atoms with Gasteiger partial charge in [0.2, 0.25) is 11.8 Å². The van der Waals surface area contributed by atoms with Crippen molar-refractivity contribution in [3.05, 3.63) is 128 Å². The Balaban J connectivity index is 1.84. The Morgan fingerprint density at radius 3 is 2.09 bits per heavy atom. The van der Waals surface area contributed by atoms with Crippen molar-refractivity contribution in [2.24, 2.45) is 5.92 Å². The molecule has 1 unspecified atom stereocenters. The van der Waals surface area contributed by atoms with Crippen LogP contribution in [0.3, 0.4) is 0 Å². The second kappa shape index (κ2) is 16.0. The van der Waals surface area contributed by atoms with Crippen molar-refractivity contribution >= 4 is 73.9 Å².